The summed E-state index contributed by atoms with van der Waals surface area (Å²) >= 11 is 0. The van der Waals surface area contributed by atoms with Crippen LogP contribution in [-0.4, -0.2) is 86.6 Å². The molecule has 0 amide bonds. The van der Waals surface area contributed by atoms with Crippen LogP contribution in [0, 0.1) is 0 Å². The van der Waals surface area contributed by atoms with E-state index in [0.717, 1.165) is 0 Å². The molecule has 1 aliphatic heterocycles. The van der Waals surface area contributed by atoms with Gasteiger partial charge in [-0.2, -0.15) is 0 Å². The van der Waals surface area contributed by atoms with Gasteiger partial charge in [0, 0.05) is 29.2 Å². The lowest BCUT2D eigenvalue weighted by molar-refractivity contribution is -0.144. The molecule has 0 aromatic heterocycles. The minimum atomic E-state index is -2.12. The first kappa shape index (κ1) is 27.2. The van der Waals surface area contributed by atoms with Gasteiger partial charge in [0.25, 0.3) is 0 Å². The van der Waals surface area contributed by atoms with E-state index < -0.39 is 83.3 Å². The van der Waals surface area contributed by atoms with Gasteiger partial charge in [-0.1, -0.05) is 12.1 Å². The maximum Gasteiger partial charge on any atom is 0.202 e. The summed E-state index contributed by atoms with van der Waals surface area (Å²) in [7, 11) is 1.34. The summed E-state index contributed by atoms with van der Waals surface area (Å²) in [5.41, 5.74) is 3.13. The van der Waals surface area contributed by atoms with E-state index in [9.17, 15) is 39.9 Å². The third-order valence-electron chi connectivity index (χ3n) is 8.30. The number of phenolic OH excluding ortho intramolecular Hbond substituents is 2. The zero-order valence-corrected chi connectivity index (χ0v) is 21.5. The molecule has 0 radical (unpaired) electrons. The molecule has 6 atom stereocenters. The van der Waals surface area contributed by atoms with Crippen molar-refractivity contribution in [2.75, 3.05) is 13.7 Å². The number of carbonyl (C=O) groups excluding carboxylic acids is 3. The van der Waals surface area contributed by atoms with Crippen LogP contribution in [0.25, 0.3) is 0 Å². The number of rotatable bonds is 5. The number of hydrogen-bond acceptors (Lipinski definition) is 11. The van der Waals surface area contributed by atoms with E-state index in [2.05, 4.69) is 0 Å². The average Bonchev–Trinajstić information content (AvgIpc) is 2.90. The van der Waals surface area contributed by atoms with Crippen molar-refractivity contribution in [2.45, 2.75) is 68.5 Å². The topological polar surface area (TPSA) is 197 Å². The largest absolute Gasteiger partial charge is 0.507 e. The quantitative estimate of drug-likeness (QED) is 0.245. The van der Waals surface area contributed by atoms with Gasteiger partial charge < -0.3 is 40.7 Å². The lowest BCUT2D eigenvalue weighted by atomic mass is 9.67. The normalized spacial score (nSPS) is 29.8. The number of nitrogens with two attached hydrogens (primary N) is 1. The van der Waals surface area contributed by atoms with Gasteiger partial charge in [0.05, 0.1) is 42.1 Å². The number of carbonyl (C=O) groups is 3. The van der Waals surface area contributed by atoms with E-state index in [0.29, 0.717) is 0 Å². The number of aliphatic hydroxyl groups is 3. The third-order valence-corrected chi connectivity index (χ3v) is 8.30. The van der Waals surface area contributed by atoms with Crippen molar-refractivity contribution in [2.24, 2.45) is 5.73 Å². The highest BCUT2D eigenvalue weighted by Crippen LogP contribution is 2.53. The van der Waals surface area contributed by atoms with Crippen LogP contribution in [0.5, 0.6) is 17.2 Å². The molecule has 0 spiro atoms. The molecule has 1 saturated heterocycles. The van der Waals surface area contributed by atoms with Gasteiger partial charge >= 0.3 is 0 Å². The van der Waals surface area contributed by atoms with Crippen LogP contribution in [0.15, 0.2) is 18.2 Å². The molecule has 11 heteroatoms. The fourth-order valence-electron chi connectivity index (χ4n) is 6.37. The van der Waals surface area contributed by atoms with Crippen LogP contribution in [-0.2, 0) is 16.0 Å². The Morgan fingerprint density at radius 1 is 1.15 bits per heavy atom. The van der Waals surface area contributed by atoms with Crippen LogP contribution >= 0.6 is 0 Å². The van der Waals surface area contributed by atoms with Crippen molar-refractivity contribution < 1.29 is 49.4 Å². The Morgan fingerprint density at radius 2 is 1.85 bits per heavy atom. The molecular formula is C28H31NO10. The van der Waals surface area contributed by atoms with Gasteiger partial charge in [-0.25, -0.2) is 0 Å². The average molecular weight is 542 g/mol. The van der Waals surface area contributed by atoms with Crippen LogP contribution in [0.2, 0.25) is 0 Å². The number of fused-ring (bicyclic) bond motifs is 3. The van der Waals surface area contributed by atoms with Crippen molar-refractivity contribution >= 4 is 17.3 Å². The number of aromatic hydroxyl groups is 2. The molecule has 2 aromatic carbocycles. The lowest BCUT2D eigenvalue weighted by Gasteiger charge is -2.42. The van der Waals surface area contributed by atoms with Gasteiger partial charge in [-0.05, 0) is 38.2 Å². The van der Waals surface area contributed by atoms with Gasteiger partial charge in [0.1, 0.15) is 29.5 Å². The fourth-order valence-corrected chi connectivity index (χ4v) is 6.37. The Morgan fingerprint density at radius 3 is 2.49 bits per heavy atom. The number of hydrogen-bond donors (Lipinski definition) is 6. The molecule has 3 aliphatic rings. The minimum absolute atomic E-state index is 0.0207. The van der Waals surface area contributed by atoms with E-state index >= 15 is 0 Å². The highest BCUT2D eigenvalue weighted by Gasteiger charge is 2.49. The maximum atomic E-state index is 13.7. The Hall–Kier alpha value is -3.35. The van der Waals surface area contributed by atoms with E-state index in [-0.39, 0.29) is 52.8 Å². The number of methoxy groups -OCH3 is 1. The van der Waals surface area contributed by atoms with E-state index in [1.807, 2.05) is 0 Å². The van der Waals surface area contributed by atoms with Crippen LogP contribution in [0.1, 0.15) is 75.1 Å². The second-order valence-electron chi connectivity index (χ2n) is 10.7. The predicted molar refractivity (Wildman–Crippen MR) is 135 cm³/mol. The molecule has 2 aromatic rings. The van der Waals surface area contributed by atoms with Crippen molar-refractivity contribution in [1.29, 1.82) is 0 Å². The zero-order chi connectivity index (χ0) is 28.4. The monoisotopic (exact) mass is 541 g/mol. The number of aliphatic hydroxyl groups excluding tert-OH is 2. The molecule has 0 saturated carbocycles. The first-order chi connectivity index (χ1) is 18.4. The van der Waals surface area contributed by atoms with E-state index in [4.69, 9.17) is 15.2 Å². The zero-order valence-electron chi connectivity index (χ0n) is 21.5. The minimum Gasteiger partial charge on any atom is -0.507 e. The Balaban J connectivity index is 1.69. The summed E-state index contributed by atoms with van der Waals surface area (Å²) in [5.74, 6) is -4.20. The Bertz CT molecular complexity index is 1380. The van der Waals surface area contributed by atoms with Gasteiger partial charge in [0.15, 0.2) is 11.6 Å². The molecule has 0 bridgehead atoms. The molecule has 5 rings (SSSR count). The Kier molecular flexibility index (Phi) is 6.76. The fraction of sp³-hybridized carbons (Fsp3) is 0.464. The summed E-state index contributed by atoms with van der Waals surface area (Å²) in [5, 5.41) is 54.0. The summed E-state index contributed by atoms with van der Waals surface area (Å²) in [6.45, 7) is 0.695. The molecule has 39 heavy (non-hydrogen) atoms. The summed E-state index contributed by atoms with van der Waals surface area (Å²) in [6.07, 6.45) is -2.45. The second kappa shape index (κ2) is 9.68. The molecule has 0 unspecified atom stereocenters. The number of benzene rings is 2. The molecular weight excluding hydrogens is 510 g/mol. The Labute approximate surface area is 223 Å². The van der Waals surface area contributed by atoms with Crippen molar-refractivity contribution in [1.82, 2.24) is 0 Å². The summed E-state index contributed by atoms with van der Waals surface area (Å²) in [6, 6.07) is 3.83. The smallest absolute Gasteiger partial charge is 0.202 e. The number of phenols is 2. The van der Waals surface area contributed by atoms with Gasteiger partial charge in [-0.15, -0.1) is 0 Å². The van der Waals surface area contributed by atoms with Gasteiger partial charge in [0.2, 0.25) is 5.78 Å². The molecule has 11 nitrogen and oxygen atoms in total. The highest BCUT2D eigenvalue weighted by molar-refractivity contribution is 6.31. The van der Waals surface area contributed by atoms with Crippen LogP contribution < -0.4 is 10.5 Å². The molecule has 1 heterocycles. The summed E-state index contributed by atoms with van der Waals surface area (Å²) < 4.78 is 11.2. The SMILES string of the molecule is COc1cccc2c1C(=O)c1c(O)c3c(c(O)c1C2=O)C[C@@](O)(C(=O)CO)C[C@@H]3C[C@H]1C[C@H](N)[C@@H](O)[C@H](C)O1. The van der Waals surface area contributed by atoms with E-state index in [1.165, 1.54) is 25.3 Å². The van der Waals surface area contributed by atoms with Crippen molar-refractivity contribution in [3.8, 4) is 17.2 Å². The highest BCUT2D eigenvalue weighted by atomic mass is 16.5. The summed E-state index contributed by atoms with van der Waals surface area (Å²) in [4.78, 5) is 39.9. The van der Waals surface area contributed by atoms with Gasteiger partial charge in [-0.3, -0.25) is 14.4 Å². The van der Waals surface area contributed by atoms with E-state index in [1.54, 1.807) is 6.92 Å². The maximum absolute atomic E-state index is 13.7. The van der Waals surface area contributed by atoms with Crippen LogP contribution in [0.4, 0.5) is 0 Å². The molecule has 2 aliphatic carbocycles. The first-order valence-electron chi connectivity index (χ1n) is 12.8. The number of Topliss-reactive ketones (excluding diaryl/α,β-unsaturated/α-hetero) is 1. The van der Waals surface area contributed by atoms with Crippen molar-refractivity contribution in [3.05, 3.63) is 51.6 Å². The van der Waals surface area contributed by atoms with Crippen molar-refractivity contribution in [3.63, 3.8) is 0 Å². The first-order valence-corrected chi connectivity index (χ1v) is 12.8. The number of ether oxygens (including phenoxy) is 2. The van der Waals surface area contributed by atoms with Crippen LogP contribution in [0.3, 0.4) is 0 Å². The second-order valence-corrected chi connectivity index (χ2v) is 10.7. The third kappa shape index (κ3) is 4.12. The molecule has 7 N–H and O–H groups in total. The molecule has 208 valence electrons. The number of ketones is 3. The predicted octanol–water partition coefficient (Wildman–Crippen LogP) is 0.460. The standard InChI is InChI=1S/C28H31NO10/c1-11-23(32)16(29)7-13(39-11)6-12-8-28(37,18(31)10-30)9-15-19(12)26(35)22-21(25(15)34)24(33)14-4-3-5-17(38-2)20(14)27(22)36/h3-5,11-13,16,23,30,32,34-35,37H,6-10,29H2,1-2H3/t11-,12-,13-,16-,23-,28+/m0/s1. The lowest BCUT2D eigenvalue weighted by Crippen LogP contribution is -2.52. The molecule has 1 fully saturated rings.